The second kappa shape index (κ2) is 8.96. The maximum Gasteiger partial charge on any atom is 0.308 e. The summed E-state index contributed by atoms with van der Waals surface area (Å²) in [7, 11) is 0. The van der Waals surface area contributed by atoms with Gasteiger partial charge in [-0.15, -0.1) is 6.58 Å². The molecule has 0 aromatic rings. The number of carbonyl (C=O) groups is 2. The molecule has 0 heterocycles. The highest BCUT2D eigenvalue weighted by atomic mass is 16.5. The van der Waals surface area contributed by atoms with Gasteiger partial charge < -0.3 is 14.6 Å². The van der Waals surface area contributed by atoms with Crippen LogP contribution in [0.15, 0.2) is 23.8 Å². The average molecular weight is 447 g/mol. The molecule has 32 heavy (non-hydrogen) atoms. The highest BCUT2D eigenvalue weighted by Gasteiger charge is 2.59. The van der Waals surface area contributed by atoms with E-state index in [0.717, 1.165) is 38.5 Å². The normalized spacial score (nSPS) is 40.0. The minimum atomic E-state index is -0.456. The van der Waals surface area contributed by atoms with Gasteiger partial charge in [0.1, 0.15) is 6.10 Å². The minimum Gasteiger partial charge on any atom is -0.465 e. The molecule has 2 unspecified atom stereocenters. The van der Waals surface area contributed by atoms with Crippen LogP contribution < -0.4 is 0 Å². The summed E-state index contributed by atoms with van der Waals surface area (Å²) in [5.41, 5.74) is 1.52. The maximum absolute atomic E-state index is 12.4. The average Bonchev–Trinajstić information content (AvgIpc) is 2.76. The molecule has 0 spiro atoms. The fourth-order valence-corrected chi connectivity index (χ4v) is 6.69. The maximum atomic E-state index is 12.4. The van der Waals surface area contributed by atoms with E-state index >= 15 is 0 Å². The summed E-state index contributed by atoms with van der Waals surface area (Å²) in [5, 5.41) is 11.3. The molecule has 0 bridgehead atoms. The standard InChI is InChI=1S/C27H42O5/c1-8-17(3)24(30)31-16-26(6)15-13-22(29)27(7)20-12-14-25(5,9-2)23(32-18(4)28)19(20)10-11-21(26)27/h9,17,21-23,29H,2,8,10-16H2,1,3-7H3/t17?,21?,22-,23-,25+,26-,27+/m0/s1. The van der Waals surface area contributed by atoms with Crippen molar-refractivity contribution in [2.45, 2.75) is 98.7 Å². The van der Waals surface area contributed by atoms with Gasteiger partial charge in [-0.2, -0.15) is 0 Å². The molecule has 0 aromatic heterocycles. The predicted molar refractivity (Wildman–Crippen MR) is 125 cm³/mol. The van der Waals surface area contributed by atoms with E-state index in [1.807, 2.05) is 19.9 Å². The zero-order valence-electron chi connectivity index (χ0n) is 20.8. The van der Waals surface area contributed by atoms with Crippen LogP contribution in [-0.4, -0.2) is 35.9 Å². The summed E-state index contributed by atoms with van der Waals surface area (Å²) in [6, 6.07) is 0. The molecule has 0 aliphatic heterocycles. The highest BCUT2D eigenvalue weighted by Crippen LogP contribution is 2.63. The van der Waals surface area contributed by atoms with Gasteiger partial charge in [0.25, 0.3) is 0 Å². The Balaban J connectivity index is 1.98. The number of esters is 2. The summed E-state index contributed by atoms with van der Waals surface area (Å²) in [6.45, 7) is 16.3. The lowest BCUT2D eigenvalue weighted by Crippen LogP contribution is -2.57. The molecule has 7 atom stereocenters. The van der Waals surface area contributed by atoms with E-state index in [9.17, 15) is 14.7 Å². The minimum absolute atomic E-state index is 0.0979. The summed E-state index contributed by atoms with van der Waals surface area (Å²) in [6.07, 6.45) is 6.84. The number of aliphatic hydroxyl groups is 1. The molecule has 3 aliphatic rings. The number of rotatable bonds is 6. The van der Waals surface area contributed by atoms with Crippen molar-refractivity contribution >= 4 is 11.9 Å². The van der Waals surface area contributed by atoms with Gasteiger partial charge in [0.05, 0.1) is 18.6 Å². The van der Waals surface area contributed by atoms with Gasteiger partial charge in [0, 0.05) is 23.2 Å². The summed E-state index contributed by atoms with van der Waals surface area (Å²) in [5.74, 6) is -0.311. The van der Waals surface area contributed by atoms with E-state index < -0.39 is 11.5 Å². The Hall–Kier alpha value is -1.62. The molecule has 1 fully saturated rings. The molecule has 5 nitrogen and oxygen atoms in total. The second-order valence-electron chi connectivity index (χ2n) is 11.2. The number of hydrogen-bond donors (Lipinski definition) is 1. The van der Waals surface area contributed by atoms with Crippen molar-refractivity contribution in [2.24, 2.45) is 28.1 Å². The first-order chi connectivity index (χ1) is 14.9. The first kappa shape index (κ1) is 25.0. The molecule has 0 radical (unpaired) electrons. The van der Waals surface area contributed by atoms with Gasteiger partial charge >= 0.3 is 11.9 Å². The Bertz CT molecular complexity index is 800. The van der Waals surface area contributed by atoms with Crippen LogP contribution in [0.1, 0.15) is 86.5 Å². The van der Waals surface area contributed by atoms with E-state index in [0.29, 0.717) is 13.0 Å². The van der Waals surface area contributed by atoms with Gasteiger partial charge in [-0.1, -0.05) is 46.3 Å². The quantitative estimate of drug-likeness (QED) is 0.439. The Labute approximate surface area is 193 Å². The number of hydrogen-bond acceptors (Lipinski definition) is 5. The molecule has 3 aliphatic carbocycles. The van der Waals surface area contributed by atoms with E-state index in [1.165, 1.54) is 18.1 Å². The Morgan fingerprint density at radius 1 is 1.22 bits per heavy atom. The smallest absolute Gasteiger partial charge is 0.308 e. The zero-order chi connectivity index (χ0) is 23.9. The molecule has 5 heteroatoms. The van der Waals surface area contributed by atoms with Crippen LogP contribution in [0.25, 0.3) is 0 Å². The van der Waals surface area contributed by atoms with Crippen molar-refractivity contribution in [1.82, 2.24) is 0 Å². The van der Waals surface area contributed by atoms with Crippen LogP contribution in [0, 0.1) is 28.1 Å². The third kappa shape index (κ3) is 4.06. The number of fused-ring (bicyclic) bond motifs is 2. The van der Waals surface area contributed by atoms with Crippen molar-refractivity contribution in [1.29, 1.82) is 0 Å². The molecule has 0 saturated heterocycles. The Kier molecular flexibility index (Phi) is 7.01. The van der Waals surface area contributed by atoms with Crippen LogP contribution in [0.2, 0.25) is 0 Å². The van der Waals surface area contributed by atoms with E-state index in [2.05, 4.69) is 27.4 Å². The van der Waals surface area contributed by atoms with E-state index in [1.54, 1.807) is 0 Å². The lowest BCUT2D eigenvalue weighted by atomic mass is 9.46. The molecular weight excluding hydrogens is 404 g/mol. The van der Waals surface area contributed by atoms with Crippen LogP contribution in [0.4, 0.5) is 0 Å². The molecule has 1 N–H and O–H groups in total. The SMILES string of the molecule is C=C[C@]1(C)CCC2=C(CCC3[C@](C)(COC(=O)C(C)CC)CC[C@H](O)[C@]23C)[C@@H]1OC(C)=O. The largest absolute Gasteiger partial charge is 0.465 e. The van der Waals surface area contributed by atoms with Crippen molar-refractivity contribution in [2.75, 3.05) is 6.61 Å². The monoisotopic (exact) mass is 446 g/mol. The number of aliphatic hydroxyl groups excluding tert-OH is 1. The van der Waals surface area contributed by atoms with E-state index in [4.69, 9.17) is 9.47 Å². The zero-order valence-corrected chi connectivity index (χ0v) is 20.8. The van der Waals surface area contributed by atoms with Gasteiger partial charge in [0.15, 0.2) is 0 Å². The molecular formula is C27H42O5. The van der Waals surface area contributed by atoms with E-state index in [-0.39, 0.29) is 40.7 Å². The Morgan fingerprint density at radius 3 is 2.50 bits per heavy atom. The summed E-state index contributed by atoms with van der Waals surface area (Å²) >= 11 is 0. The molecule has 0 aromatic carbocycles. The fraction of sp³-hybridized carbons (Fsp3) is 0.778. The summed E-state index contributed by atoms with van der Waals surface area (Å²) < 4.78 is 11.7. The van der Waals surface area contributed by atoms with Crippen LogP contribution in [-0.2, 0) is 19.1 Å². The Morgan fingerprint density at radius 2 is 1.91 bits per heavy atom. The highest BCUT2D eigenvalue weighted by molar-refractivity contribution is 5.71. The molecule has 3 rings (SSSR count). The predicted octanol–water partition coefficient (Wildman–Crippen LogP) is 5.37. The lowest BCUT2D eigenvalue weighted by molar-refractivity contribution is -0.162. The van der Waals surface area contributed by atoms with Crippen molar-refractivity contribution < 1.29 is 24.2 Å². The third-order valence-corrected chi connectivity index (χ3v) is 9.12. The first-order valence-corrected chi connectivity index (χ1v) is 12.3. The number of ether oxygens (including phenoxy) is 2. The number of carbonyl (C=O) groups excluding carboxylic acids is 2. The lowest BCUT2D eigenvalue weighted by Gasteiger charge is -2.60. The van der Waals surface area contributed by atoms with Crippen molar-refractivity contribution in [3.8, 4) is 0 Å². The molecule has 0 amide bonds. The van der Waals surface area contributed by atoms with Gasteiger partial charge in [-0.25, -0.2) is 0 Å². The molecule has 180 valence electrons. The van der Waals surface area contributed by atoms with Crippen LogP contribution in [0.3, 0.4) is 0 Å². The summed E-state index contributed by atoms with van der Waals surface area (Å²) in [4.78, 5) is 24.4. The van der Waals surface area contributed by atoms with Crippen LogP contribution in [0.5, 0.6) is 0 Å². The topological polar surface area (TPSA) is 72.8 Å². The second-order valence-corrected chi connectivity index (χ2v) is 11.2. The van der Waals surface area contributed by atoms with Crippen molar-refractivity contribution in [3.63, 3.8) is 0 Å². The van der Waals surface area contributed by atoms with Crippen LogP contribution >= 0.6 is 0 Å². The molecule has 1 saturated carbocycles. The van der Waals surface area contributed by atoms with Gasteiger partial charge in [-0.3, -0.25) is 9.59 Å². The first-order valence-electron chi connectivity index (χ1n) is 12.3. The van der Waals surface area contributed by atoms with Gasteiger partial charge in [-0.05, 0) is 56.4 Å². The van der Waals surface area contributed by atoms with Gasteiger partial charge in [0.2, 0.25) is 0 Å². The third-order valence-electron chi connectivity index (χ3n) is 9.12. The van der Waals surface area contributed by atoms with Crippen molar-refractivity contribution in [3.05, 3.63) is 23.8 Å². The fourth-order valence-electron chi connectivity index (χ4n) is 6.69.